The number of halogens is 2. The van der Waals surface area contributed by atoms with E-state index in [4.69, 9.17) is 10.6 Å². The van der Waals surface area contributed by atoms with E-state index in [9.17, 15) is 8.78 Å². The molecule has 0 aromatic heterocycles. The maximum atomic E-state index is 14.1. The molecule has 3 nitrogen and oxygen atoms in total. The van der Waals surface area contributed by atoms with Gasteiger partial charge in [-0.05, 0) is 36.6 Å². The third-order valence-electron chi connectivity index (χ3n) is 3.46. The molecule has 3 N–H and O–H groups in total. The summed E-state index contributed by atoms with van der Waals surface area (Å²) in [6.07, 6.45) is 0.424. The zero-order valence-corrected chi connectivity index (χ0v) is 12.0. The van der Waals surface area contributed by atoms with E-state index in [1.165, 1.54) is 6.92 Å². The van der Waals surface area contributed by atoms with Gasteiger partial charge < -0.3 is 4.74 Å². The van der Waals surface area contributed by atoms with Crippen molar-refractivity contribution >= 4 is 0 Å². The first-order valence-corrected chi connectivity index (χ1v) is 6.60. The van der Waals surface area contributed by atoms with Crippen LogP contribution in [0, 0.1) is 18.6 Å². The van der Waals surface area contributed by atoms with Gasteiger partial charge >= 0.3 is 0 Å². The molecule has 5 heteroatoms. The zero-order chi connectivity index (χ0) is 15.4. The molecule has 0 amide bonds. The van der Waals surface area contributed by atoms with E-state index in [0.29, 0.717) is 12.2 Å². The van der Waals surface area contributed by atoms with Crippen molar-refractivity contribution in [2.75, 3.05) is 7.11 Å². The fraction of sp³-hybridized carbons (Fsp3) is 0.250. The number of hydrazine groups is 1. The minimum Gasteiger partial charge on any atom is -0.497 e. The highest BCUT2D eigenvalue weighted by atomic mass is 19.2. The third kappa shape index (κ3) is 3.37. The summed E-state index contributed by atoms with van der Waals surface area (Å²) >= 11 is 0. The number of nitrogens with two attached hydrogens (primary N) is 1. The van der Waals surface area contributed by atoms with Crippen LogP contribution in [0.5, 0.6) is 5.75 Å². The van der Waals surface area contributed by atoms with Crippen molar-refractivity contribution < 1.29 is 13.5 Å². The van der Waals surface area contributed by atoms with Gasteiger partial charge in [-0.2, -0.15) is 0 Å². The van der Waals surface area contributed by atoms with Crippen molar-refractivity contribution in [3.05, 3.63) is 64.7 Å². The van der Waals surface area contributed by atoms with E-state index in [1.807, 2.05) is 24.3 Å². The molecule has 2 aromatic carbocycles. The number of rotatable bonds is 5. The minimum atomic E-state index is -0.860. The molecule has 1 atom stereocenters. The summed E-state index contributed by atoms with van der Waals surface area (Å²) in [6.45, 7) is 1.52. The lowest BCUT2D eigenvalue weighted by Gasteiger charge is -2.18. The average Bonchev–Trinajstić information content (AvgIpc) is 2.51. The molecule has 0 aliphatic carbocycles. The molecule has 0 aliphatic heterocycles. The summed E-state index contributed by atoms with van der Waals surface area (Å²) in [4.78, 5) is 0. The van der Waals surface area contributed by atoms with Gasteiger partial charge in [0, 0.05) is 5.56 Å². The molecule has 0 heterocycles. The van der Waals surface area contributed by atoms with Gasteiger partial charge in [0.15, 0.2) is 11.6 Å². The van der Waals surface area contributed by atoms with Gasteiger partial charge in [-0.25, -0.2) is 8.78 Å². The molecule has 2 aromatic rings. The highest BCUT2D eigenvalue weighted by Gasteiger charge is 2.19. The van der Waals surface area contributed by atoms with Gasteiger partial charge in [0.2, 0.25) is 0 Å². The number of ether oxygens (including phenoxy) is 1. The normalized spacial score (nSPS) is 12.2. The first-order chi connectivity index (χ1) is 10.1. The summed E-state index contributed by atoms with van der Waals surface area (Å²) in [5, 5.41) is 0. The molecule has 0 aliphatic rings. The molecule has 0 bridgehead atoms. The Morgan fingerprint density at radius 3 is 2.62 bits per heavy atom. The van der Waals surface area contributed by atoms with Crippen molar-refractivity contribution in [1.29, 1.82) is 0 Å². The van der Waals surface area contributed by atoms with Crippen LogP contribution in [-0.4, -0.2) is 7.11 Å². The Bertz CT molecular complexity index is 632. The second-order valence-electron chi connectivity index (χ2n) is 4.87. The highest BCUT2D eigenvalue weighted by Crippen LogP contribution is 2.25. The molecular weight excluding hydrogens is 274 g/mol. The van der Waals surface area contributed by atoms with Crippen molar-refractivity contribution in [2.45, 2.75) is 19.4 Å². The summed E-state index contributed by atoms with van der Waals surface area (Å²) in [6, 6.07) is 9.96. The number of aryl methyl sites for hydroxylation is 1. The molecule has 2 rings (SSSR count). The molecular formula is C16H18F2N2O. The van der Waals surface area contributed by atoms with E-state index in [0.717, 1.165) is 5.56 Å². The third-order valence-corrected chi connectivity index (χ3v) is 3.46. The number of methoxy groups -OCH3 is 1. The van der Waals surface area contributed by atoms with Crippen LogP contribution >= 0.6 is 0 Å². The zero-order valence-electron chi connectivity index (χ0n) is 12.0. The Balaban J connectivity index is 2.30. The van der Waals surface area contributed by atoms with Crippen molar-refractivity contribution in [3.63, 3.8) is 0 Å². The van der Waals surface area contributed by atoms with E-state index in [-0.39, 0.29) is 11.1 Å². The van der Waals surface area contributed by atoms with Crippen molar-refractivity contribution in [1.82, 2.24) is 5.43 Å². The lowest BCUT2D eigenvalue weighted by atomic mass is 9.97. The maximum Gasteiger partial charge on any atom is 0.163 e. The SMILES string of the molecule is COc1cccc(CC(NN)c2ccc(C)c(F)c2F)c1. The molecule has 0 fully saturated rings. The first-order valence-electron chi connectivity index (χ1n) is 6.60. The molecule has 0 saturated heterocycles. The Morgan fingerprint density at radius 1 is 1.19 bits per heavy atom. The fourth-order valence-electron chi connectivity index (χ4n) is 2.22. The Hall–Kier alpha value is -1.98. The molecule has 1 unspecified atom stereocenters. The van der Waals surface area contributed by atoms with Gasteiger partial charge in [0.25, 0.3) is 0 Å². The summed E-state index contributed by atoms with van der Waals surface area (Å²) in [7, 11) is 1.58. The minimum absolute atomic E-state index is 0.211. The molecule has 0 saturated carbocycles. The van der Waals surface area contributed by atoms with Gasteiger partial charge in [-0.3, -0.25) is 11.3 Å². The van der Waals surface area contributed by atoms with Gasteiger partial charge in [-0.15, -0.1) is 0 Å². The topological polar surface area (TPSA) is 47.3 Å². The summed E-state index contributed by atoms with van der Waals surface area (Å²) in [5.74, 6) is 4.52. The van der Waals surface area contributed by atoms with Crippen LogP contribution in [0.1, 0.15) is 22.7 Å². The smallest absolute Gasteiger partial charge is 0.163 e. The Morgan fingerprint density at radius 2 is 1.95 bits per heavy atom. The molecule has 0 spiro atoms. The van der Waals surface area contributed by atoms with Crippen LogP contribution in [0.3, 0.4) is 0 Å². The molecule has 21 heavy (non-hydrogen) atoms. The first kappa shape index (κ1) is 15.4. The molecule has 0 radical (unpaired) electrons. The second-order valence-corrected chi connectivity index (χ2v) is 4.87. The molecule has 112 valence electrons. The van der Waals surface area contributed by atoms with E-state index < -0.39 is 17.7 Å². The van der Waals surface area contributed by atoms with Crippen LogP contribution in [0.4, 0.5) is 8.78 Å². The van der Waals surface area contributed by atoms with Gasteiger partial charge in [0.05, 0.1) is 13.2 Å². The van der Waals surface area contributed by atoms with Crippen molar-refractivity contribution in [2.24, 2.45) is 5.84 Å². The van der Waals surface area contributed by atoms with E-state index >= 15 is 0 Å². The summed E-state index contributed by atoms with van der Waals surface area (Å²) in [5.41, 5.74) is 3.94. The largest absolute Gasteiger partial charge is 0.497 e. The summed E-state index contributed by atoms with van der Waals surface area (Å²) < 4.78 is 32.9. The number of hydrogen-bond donors (Lipinski definition) is 2. The van der Waals surface area contributed by atoms with Gasteiger partial charge in [0.1, 0.15) is 5.75 Å². The van der Waals surface area contributed by atoms with Gasteiger partial charge in [-0.1, -0.05) is 24.3 Å². The Labute approximate surface area is 122 Å². The van der Waals surface area contributed by atoms with Crippen LogP contribution in [0.15, 0.2) is 36.4 Å². The predicted octanol–water partition coefficient (Wildman–Crippen LogP) is 3.03. The van der Waals surface area contributed by atoms with Crippen LogP contribution in [-0.2, 0) is 6.42 Å². The monoisotopic (exact) mass is 292 g/mol. The van der Waals surface area contributed by atoms with E-state index in [1.54, 1.807) is 19.2 Å². The second kappa shape index (κ2) is 6.65. The lowest BCUT2D eigenvalue weighted by molar-refractivity contribution is 0.413. The Kier molecular flexibility index (Phi) is 4.88. The number of nitrogens with one attached hydrogen (secondary N) is 1. The van der Waals surface area contributed by atoms with Crippen LogP contribution in [0.2, 0.25) is 0 Å². The highest BCUT2D eigenvalue weighted by molar-refractivity contribution is 5.32. The van der Waals surface area contributed by atoms with E-state index in [2.05, 4.69) is 5.43 Å². The quantitative estimate of drug-likeness (QED) is 0.658. The number of hydrogen-bond acceptors (Lipinski definition) is 3. The predicted molar refractivity (Wildman–Crippen MR) is 77.9 cm³/mol. The average molecular weight is 292 g/mol. The standard InChI is InChI=1S/C16H18F2N2O/c1-10-6-7-13(16(18)15(10)17)14(20-19)9-11-4-3-5-12(8-11)21-2/h3-8,14,20H,9,19H2,1-2H3. The maximum absolute atomic E-state index is 14.1. The van der Waals surface area contributed by atoms with Crippen molar-refractivity contribution in [3.8, 4) is 5.75 Å². The van der Waals surface area contributed by atoms with Crippen LogP contribution < -0.4 is 16.0 Å². The lowest BCUT2D eigenvalue weighted by Crippen LogP contribution is -2.30. The van der Waals surface area contributed by atoms with Crippen LogP contribution in [0.25, 0.3) is 0 Å². The fourth-order valence-corrected chi connectivity index (χ4v) is 2.22. The number of benzene rings is 2.